The molecule has 0 bridgehead atoms. The highest BCUT2D eigenvalue weighted by atomic mass is 16.5. The van der Waals surface area contributed by atoms with Crippen LogP contribution in [0.2, 0.25) is 0 Å². The minimum atomic E-state index is -0.577. The topological polar surface area (TPSA) is 149 Å². The van der Waals surface area contributed by atoms with Gasteiger partial charge in [0.15, 0.2) is 11.4 Å². The number of likely N-dealkylation sites (N-methyl/N-ethyl adjacent to an activating group) is 2. The Kier molecular flexibility index (Phi) is 10.8. The van der Waals surface area contributed by atoms with Gasteiger partial charge in [-0.3, -0.25) is 0 Å². The van der Waals surface area contributed by atoms with Gasteiger partial charge in [-0.05, 0) is 64.6 Å². The van der Waals surface area contributed by atoms with Gasteiger partial charge in [-0.25, -0.2) is 9.59 Å². The minimum absolute atomic E-state index is 0.0288. The van der Waals surface area contributed by atoms with E-state index in [1.165, 1.54) is 12.1 Å². The van der Waals surface area contributed by atoms with Gasteiger partial charge in [0.2, 0.25) is 0 Å². The number of carbonyl (C=O) groups excluding carboxylic acids is 2. The molecule has 0 unspecified atom stereocenters. The Morgan fingerprint density at radius 2 is 1.10 bits per heavy atom. The molecule has 40 heavy (non-hydrogen) atoms. The van der Waals surface area contributed by atoms with Gasteiger partial charge in [-0.15, -0.1) is 20.5 Å². The lowest BCUT2D eigenvalue weighted by Gasteiger charge is -2.10. The standard InChI is InChI=1S/C28H32N6O6/c1-33(2)15-17-39-27(37)19-9-5-7-11-21(19)29-31-23-13-14-24(35)25(26(23)36)32-30-22-12-8-6-10-20(22)28(38)40-18-16-34(3)4/h5-14,35-36H,15-18H2,1-4H3/b31-29+,32-30+. The molecule has 0 saturated heterocycles. The van der Waals surface area contributed by atoms with E-state index >= 15 is 0 Å². The predicted molar refractivity (Wildman–Crippen MR) is 149 cm³/mol. The van der Waals surface area contributed by atoms with Gasteiger partial charge in [-0.2, -0.15) is 0 Å². The molecule has 0 aliphatic rings. The lowest BCUT2D eigenvalue weighted by molar-refractivity contribution is 0.0473. The fourth-order valence-corrected chi connectivity index (χ4v) is 3.21. The summed E-state index contributed by atoms with van der Waals surface area (Å²) in [6.07, 6.45) is 0. The second kappa shape index (κ2) is 14.5. The van der Waals surface area contributed by atoms with Crippen molar-refractivity contribution < 1.29 is 29.3 Å². The Hall–Kier alpha value is -4.68. The van der Waals surface area contributed by atoms with Crippen LogP contribution in [0.4, 0.5) is 22.7 Å². The van der Waals surface area contributed by atoms with Crippen LogP contribution in [0.25, 0.3) is 0 Å². The highest BCUT2D eigenvalue weighted by molar-refractivity contribution is 5.95. The molecule has 0 fully saturated rings. The van der Waals surface area contributed by atoms with Crippen LogP contribution in [-0.2, 0) is 9.47 Å². The van der Waals surface area contributed by atoms with Crippen LogP contribution in [0, 0.1) is 0 Å². The first-order chi connectivity index (χ1) is 19.2. The van der Waals surface area contributed by atoms with Crippen molar-refractivity contribution in [1.29, 1.82) is 0 Å². The summed E-state index contributed by atoms with van der Waals surface area (Å²) in [5, 5.41) is 37.2. The van der Waals surface area contributed by atoms with Crippen LogP contribution >= 0.6 is 0 Å². The Bertz CT molecular complexity index is 1390. The zero-order valence-electron chi connectivity index (χ0n) is 22.8. The van der Waals surface area contributed by atoms with Crippen molar-refractivity contribution >= 4 is 34.7 Å². The molecule has 0 heterocycles. The number of carbonyl (C=O) groups is 2. The second-order valence-electron chi connectivity index (χ2n) is 9.11. The number of esters is 2. The van der Waals surface area contributed by atoms with Crippen molar-refractivity contribution in [2.75, 3.05) is 54.5 Å². The van der Waals surface area contributed by atoms with Gasteiger partial charge in [-0.1, -0.05) is 24.3 Å². The van der Waals surface area contributed by atoms with E-state index in [1.807, 2.05) is 38.0 Å². The van der Waals surface area contributed by atoms with Crippen molar-refractivity contribution in [3.8, 4) is 11.5 Å². The van der Waals surface area contributed by atoms with Gasteiger partial charge in [0.05, 0.1) is 11.1 Å². The van der Waals surface area contributed by atoms with Crippen molar-refractivity contribution in [2.45, 2.75) is 0 Å². The summed E-state index contributed by atoms with van der Waals surface area (Å²) >= 11 is 0. The zero-order chi connectivity index (χ0) is 29.1. The van der Waals surface area contributed by atoms with Crippen LogP contribution < -0.4 is 0 Å². The molecule has 2 N–H and O–H groups in total. The number of phenols is 2. The average molecular weight is 549 g/mol. The lowest BCUT2D eigenvalue weighted by atomic mass is 10.2. The molecule has 0 aromatic heterocycles. The van der Waals surface area contributed by atoms with E-state index in [4.69, 9.17) is 9.47 Å². The van der Waals surface area contributed by atoms with Crippen LogP contribution in [0.3, 0.4) is 0 Å². The minimum Gasteiger partial charge on any atom is -0.505 e. The maximum absolute atomic E-state index is 12.5. The van der Waals surface area contributed by atoms with Crippen LogP contribution in [-0.4, -0.2) is 86.4 Å². The molecule has 0 aliphatic carbocycles. The van der Waals surface area contributed by atoms with E-state index in [-0.39, 0.29) is 52.8 Å². The van der Waals surface area contributed by atoms with Crippen LogP contribution in [0.15, 0.2) is 81.1 Å². The zero-order valence-corrected chi connectivity index (χ0v) is 22.8. The molecule has 0 atom stereocenters. The number of rotatable bonds is 12. The van der Waals surface area contributed by atoms with Crippen LogP contribution in [0.5, 0.6) is 11.5 Å². The van der Waals surface area contributed by atoms with E-state index in [0.29, 0.717) is 13.1 Å². The summed E-state index contributed by atoms with van der Waals surface area (Å²) in [7, 11) is 7.47. The number of aromatic hydroxyl groups is 2. The van der Waals surface area contributed by atoms with Gasteiger partial charge in [0.25, 0.3) is 0 Å². The number of phenolic OH excluding ortho intramolecular Hbond substituents is 2. The summed E-state index contributed by atoms with van der Waals surface area (Å²) in [5.41, 5.74) is 0.494. The highest BCUT2D eigenvalue weighted by Gasteiger charge is 2.16. The van der Waals surface area contributed by atoms with Gasteiger partial charge < -0.3 is 29.5 Å². The second-order valence-corrected chi connectivity index (χ2v) is 9.11. The smallest absolute Gasteiger partial charge is 0.340 e. The first kappa shape index (κ1) is 29.9. The molecule has 210 valence electrons. The van der Waals surface area contributed by atoms with E-state index in [0.717, 1.165) is 0 Å². The van der Waals surface area contributed by atoms with Gasteiger partial charge in [0.1, 0.15) is 36.0 Å². The van der Waals surface area contributed by atoms with Crippen LogP contribution in [0.1, 0.15) is 20.7 Å². The van der Waals surface area contributed by atoms with E-state index in [1.54, 1.807) is 48.5 Å². The third-order valence-corrected chi connectivity index (χ3v) is 5.42. The SMILES string of the molecule is CN(C)CCOC(=O)c1ccccc1/N=N/c1ccc(O)c(/N=N/c2ccccc2C(=O)OCCN(C)C)c1O. The normalized spacial score (nSPS) is 11.6. The molecule has 3 aromatic carbocycles. The number of azo groups is 2. The molecule has 12 nitrogen and oxygen atoms in total. The summed E-state index contributed by atoms with van der Waals surface area (Å²) in [5.74, 6) is -1.99. The third-order valence-electron chi connectivity index (χ3n) is 5.42. The van der Waals surface area contributed by atoms with E-state index in [2.05, 4.69) is 20.5 Å². The highest BCUT2D eigenvalue weighted by Crippen LogP contribution is 2.44. The quantitative estimate of drug-likeness (QED) is 0.227. The van der Waals surface area contributed by atoms with Crippen molar-refractivity contribution in [2.24, 2.45) is 20.5 Å². The molecule has 3 rings (SSSR count). The summed E-state index contributed by atoms with van der Waals surface area (Å²) in [6.45, 7) is 1.53. The molecule has 0 spiro atoms. The molecule has 0 radical (unpaired) electrons. The summed E-state index contributed by atoms with van der Waals surface area (Å²) in [6, 6.07) is 15.5. The fourth-order valence-electron chi connectivity index (χ4n) is 3.21. The number of hydrogen-bond acceptors (Lipinski definition) is 12. The third kappa shape index (κ3) is 8.41. The average Bonchev–Trinajstić information content (AvgIpc) is 2.92. The maximum atomic E-state index is 12.5. The maximum Gasteiger partial charge on any atom is 0.340 e. The fraction of sp³-hybridized carbons (Fsp3) is 0.286. The number of nitrogens with zero attached hydrogens (tertiary/aromatic N) is 6. The predicted octanol–water partition coefficient (Wildman–Crippen LogP) is 5.37. The first-order valence-corrected chi connectivity index (χ1v) is 12.4. The molecule has 12 heteroatoms. The Labute approximate surface area is 232 Å². The van der Waals surface area contributed by atoms with Crippen molar-refractivity contribution in [1.82, 2.24) is 9.80 Å². The molecule has 3 aromatic rings. The van der Waals surface area contributed by atoms with Crippen molar-refractivity contribution in [3.05, 3.63) is 71.8 Å². The number of benzene rings is 3. The lowest BCUT2D eigenvalue weighted by Crippen LogP contribution is -2.20. The Balaban J connectivity index is 1.83. The largest absolute Gasteiger partial charge is 0.505 e. The summed E-state index contributed by atoms with van der Waals surface area (Å²) in [4.78, 5) is 28.8. The molecule has 0 saturated carbocycles. The monoisotopic (exact) mass is 548 g/mol. The number of ether oxygens (including phenoxy) is 2. The van der Waals surface area contributed by atoms with Gasteiger partial charge >= 0.3 is 11.9 Å². The molecular weight excluding hydrogens is 516 g/mol. The first-order valence-electron chi connectivity index (χ1n) is 12.4. The summed E-state index contributed by atoms with van der Waals surface area (Å²) < 4.78 is 10.6. The molecular formula is C28H32N6O6. The Morgan fingerprint density at radius 3 is 1.60 bits per heavy atom. The number of hydrogen-bond donors (Lipinski definition) is 2. The van der Waals surface area contributed by atoms with E-state index in [9.17, 15) is 19.8 Å². The molecule has 0 aliphatic heterocycles. The van der Waals surface area contributed by atoms with Crippen molar-refractivity contribution in [3.63, 3.8) is 0 Å². The van der Waals surface area contributed by atoms with E-state index < -0.39 is 17.7 Å². The Morgan fingerprint density at radius 1 is 0.650 bits per heavy atom. The molecule has 0 amide bonds. The van der Waals surface area contributed by atoms with Gasteiger partial charge in [0, 0.05) is 13.1 Å².